The standard InChI is InChI=1S/C17H16N2O6/c1-10-4-5-12(6-14(10)19(23)24)16(21)9-25-17(22)15-7-13(11(2)20)8-18(15)3/h4-8H,9H2,1-3H3. The predicted octanol–water partition coefficient (Wildman–Crippen LogP) is 2.48. The molecule has 1 heterocycles. The fourth-order valence-electron chi connectivity index (χ4n) is 2.23. The Morgan fingerprint density at radius 1 is 1.20 bits per heavy atom. The number of aromatic nitrogens is 1. The second kappa shape index (κ2) is 7.08. The number of nitro benzene ring substituents is 1. The Morgan fingerprint density at radius 3 is 2.44 bits per heavy atom. The molecule has 1 aromatic carbocycles. The zero-order valence-electron chi connectivity index (χ0n) is 13.9. The van der Waals surface area contributed by atoms with Crippen LogP contribution in [0.3, 0.4) is 0 Å². The summed E-state index contributed by atoms with van der Waals surface area (Å²) in [6.07, 6.45) is 1.49. The SMILES string of the molecule is CC(=O)c1cc(C(=O)OCC(=O)c2ccc(C)c([N+](=O)[O-])c2)n(C)c1. The van der Waals surface area contributed by atoms with Gasteiger partial charge >= 0.3 is 5.97 Å². The van der Waals surface area contributed by atoms with Gasteiger partial charge in [0.1, 0.15) is 5.69 Å². The maximum atomic E-state index is 12.1. The summed E-state index contributed by atoms with van der Waals surface area (Å²) in [7, 11) is 1.58. The molecule has 0 aliphatic rings. The summed E-state index contributed by atoms with van der Waals surface area (Å²) in [5.41, 5.74) is 0.828. The number of hydrogen-bond acceptors (Lipinski definition) is 6. The van der Waals surface area contributed by atoms with Crippen LogP contribution in [-0.4, -0.2) is 33.6 Å². The molecule has 0 atom stereocenters. The first-order valence-corrected chi connectivity index (χ1v) is 7.33. The second-order valence-electron chi connectivity index (χ2n) is 5.54. The molecule has 0 bridgehead atoms. The van der Waals surface area contributed by atoms with Gasteiger partial charge in [0, 0.05) is 36.0 Å². The fraction of sp³-hybridized carbons (Fsp3) is 0.235. The van der Waals surface area contributed by atoms with Gasteiger partial charge in [-0.05, 0) is 19.9 Å². The third-order valence-corrected chi connectivity index (χ3v) is 3.68. The average molecular weight is 344 g/mol. The van der Waals surface area contributed by atoms with Crippen molar-refractivity contribution in [3.8, 4) is 0 Å². The molecule has 0 saturated carbocycles. The first-order valence-electron chi connectivity index (χ1n) is 7.33. The van der Waals surface area contributed by atoms with Crippen molar-refractivity contribution in [1.82, 2.24) is 4.57 Å². The number of rotatable bonds is 6. The van der Waals surface area contributed by atoms with Crippen molar-refractivity contribution in [3.05, 3.63) is 63.0 Å². The Morgan fingerprint density at radius 2 is 1.88 bits per heavy atom. The maximum absolute atomic E-state index is 12.1. The summed E-state index contributed by atoms with van der Waals surface area (Å²) >= 11 is 0. The quantitative estimate of drug-likeness (QED) is 0.345. The van der Waals surface area contributed by atoms with Crippen LogP contribution in [0.15, 0.2) is 30.5 Å². The van der Waals surface area contributed by atoms with Crippen LogP contribution in [0.5, 0.6) is 0 Å². The number of hydrogen-bond donors (Lipinski definition) is 0. The van der Waals surface area contributed by atoms with E-state index < -0.39 is 23.3 Å². The van der Waals surface area contributed by atoms with Crippen molar-refractivity contribution in [2.24, 2.45) is 7.05 Å². The molecule has 1 aromatic heterocycles. The molecule has 2 aromatic rings. The van der Waals surface area contributed by atoms with E-state index in [9.17, 15) is 24.5 Å². The second-order valence-corrected chi connectivity index (χ2v) is 5.54. The van der Waals surface area contributed by atoms with Crippen molar-refractivity contribution >= 4 is 23.2 Å². The molecule has 0 radical (unpaired) electrons. The van der Waals surface area contributed by atoms with Crippen molar-refractivity contribution in [3.63, 3.8) is 0 Å². The zero-order chi connectivity index (χ0) is 18.7. The molecular weight excluding hydrogens is 328 g/mol. The summed E-state index contributed by atoms with van der Waals surface area (Å²) < 4.78 is 6.39. The highest BCUT2D eigenvalue weighted by Crippen LogP contribution is 2.19. The van der Waals surface area contributed by atoms with E-state index in [4.69, 9.17) is 4.74 Å². The van der Waals surface area contributed by atoms with Gasteiger partial charge < -0.3 is 9.30 Å². The van der Waals surface area contributed by atoms with E-state index in [1.165, 1.54) is 35.9 Å². The molecule has 2 rings (SSSR count). The lowest BCUT2D eigenvalue weighted by Crippen LogP contribution is -2.16. The minimum absolute atomic E-state index is 0.0846. The van der Waals surface area contributed by atoms with Crippen LogP contribution >= 0.6 is 0 Å². The lowest BCUT2D eigenvalue weighted by molar-refractivity contribution is -0.385. The molecule has 0 spiro atoms. The Hall–Kier alpha value is -3.29. The van der Waals surface area contributed by atoms with E-state index >= 15 is 0 Å². The van der Waals surface area contributed by atoms with Crippen LogP contribution in [-0.2, 0) is 11.8 Å². The zero-order valence-corrected chi connectivity index (χ0v) is 13.9. The summed E-state index contributed by atoms with van der Waals surface area (Å²) in [5.74, 6) is -1.51. The molecule has 0 saturated heterocycles. The number of Topliss-reactive ketones (excluding diaryl/α,β-unsaturated/α-hetero) is 2. The normalized spacial score (nSPS) is 10.4. The van der Waals surface area contributed by atoms with Crippen LogP contribution < -0.4 is 0 Å². The number of esters is 1. The number of aryl methyl sites for hydroxylation is 2. The molecule has 0 aliphatic heterocycles. The van der Waals surface area contributed by atoms with Gasteiger partial charge in [0.15, 0.2) is 12.4 Å². The minimum atomic E-state index is -0.759. The van der Waals surface area contributed by atoms with Crippen LogP contribution in [0.1, 0.15) is 43.7 Å². The summed E-state index contributed by atoms with van der Waals surface area (Å²) in [4.78, 5) is 45.8. The smallest absolute Gasteiger partial charge is 0.355 e. The summed E-state index contributed by atoms with van der Waals surface area (Å²) in [5, 5.41) is 10.9. The first kappa shape index (κ1) is 18.1. The number of carbonyl (C=O) groups is 3. The number of benzene rings is 1. The van der Waals surface area contributed by atoms with E-state index in [0.29, 0.717) is 11.1 Å². The Kier molecular flexibility index (Phi) is 5.11. The van der Waals surface area contributed by atoms with Gasteiger partial charge in [-0.3, -0.25) is 19.7 Å². The number of nitrogens with zero attached hydrogens (tertiary/aromatic N) is 2. The van der Waals surface area contributed by atoms with Gasteiger partial charge in [-0.2, -0.15) is 0 Å². The molecule has 25 heavy (non-hydrogen) atoms. The van der Waals surface area contributed by atoms with E-state index in [1.54, 1.807) is 14.0 Å². The molecule has 0 fully saturated rings. The lowest BCUT2D eigenvalue weighted by Gasteiger charge is -2.06. The lowest BCUT2D eigenvalue weighted by atomic mass is 10.1. The van der Waals surface area contributed by atoms with Crippen LogP contribution in [0.2, 0.25) is 0 Å². The molecule has 8 heteroatoms. The molecular formula is C17H16N2O6. The highest BCUT2D eigenvalue weighted by Gasteiger charge is 2.19. The van der Waals surface area contributed by atoms with E-state index in [0.717, 1.165) is 6.07 Å². The molecule has 8 nitrogen and oxygen atoms in total. The van der Waals surface area contributed by atoms with Gasteiger partial charge in [0.25, 0.3) is 5.69 Å². The predicted molar refractivity (Wildman–Crippen MR) is 87.9 cm³/mol. The molecule has 0 aliphatic carbocycles. The largest absolute Gasteiger partial charge is 0.453 e. The molecule has 0 amide bonds. The average Bonchev–Trinajstić information content (AvgIpc) is 2.94. The van der Waals surface area contributed by atoms with Gasteiger partial charge in [0.05, 0.1) is 4.92 Å². The Balaban J connectivity index is 2.09. The number of ketones is 2. The van der Waals surface area contributed by atoms with E-state index in [2.05, 4.69) is 0 Å². The highest BCUT2D eigenvalue weighted by molar-refractivity contribution is 6.01. The number of ether oxygens (including phenoxy) is 1. The fourth-order valence-corrected chi connectivity index (χ4v) is 2.23. The van der Waals surface area contributed by atoms with Crippen molar-refractivity contribution in [2.75, 3.05) is 6.61 Å². The van der Waals surface area contributed by atoms with Crippen molar-refractivity contribution in [1.29, 1.82) is 0 Å². The summed E-state index contributed by atoms with van der Waals surface area (Å²) in [6, 6.07) is 5.44. The van der Waals surface area contributed by atoms with Gasteiger partial charge in [-0.15, -0.1) is 0 Å². The van der Waals surface area contributed by atoms with Crippen LogP contribution in [0.25, 0.3) is 0 Å². The molecule has 130 valence electrons. The van der Waals surface area contributed by atoms with Gasteiger partial charge in [-0.25, -0.2) is 4.79 Å². The third-order valence-electron chi connectivity index (χ3n) is 3.68. The van der Waals surface area contributed by atoms with Gasteiger partial charge in [0.2, 0.25) is 5.78 Å². The third kappa shape index (κ3) is 3.97. The molecule has 0 unspecified atom stereocenters. The van der Waals surface area contributed by atoms with Crippen LogP contribution in [0.4, 0.5) is 5.69 Å². The van der Waals surface area contributed by atoms with Crippen molar-refractivity contribution in [2.45, 2.75) is 13.8 Å². The minimum Gasteiger partial charge on any atom is -0.453 e. The Labute approximate surface area is 143 Å². The monoisotopic (exact) mass is 344 g/mol. The number of nitro groups is 1. The van der Waals surface area contributed by atoms with E-state index in [-0.39, 0.29) is 22.7 Å². The highest BCUT2D eigenvalue weighted by atomic mass is 16.6. The molecule has 0 N–H and O–H groups in total. The first-order chi connectivity index (χ1) is 11.7. The van der Waals surface area contributed by atoms with Gasteiger partial charge in [-0.1, -0.05) is 12.1 Å². The maximum Gasteiger partial charge on any atom is 0.355 e. The van der Waals surface area contributed by atoms with Crippen LogP contribution in [0, 0.1) is 17.0 Å². The van der Waals surface area contributed by atoms with Crippen molar-refractivity contribution < 1.29 is 24.0 Å². The number of carbonyl (C=O) groups excluding carboxylic acids is 3. The Bertz CT molecular complexity index is 881. The van der Waals surface area contributed by atoms with E-state index in [1.807, 2.05) is 0 Å². The topological polar surface area (TPSA) is 109 Å². The summed E-state index contributed by atoms with van der Waals surface area (Å²) in [6.45, 7) is 2.38.